The lowest BCUT2D eigenvalue weighted by molar-refractivity contribution is -0.923. The van der Waals surface area contributed by atoms with Crippen molar-refractivity contribution in [1.29, 1.82) is 0 Å². The molecule has 2 fully saturated rings. The smallest absolute Gasteiger partial charge is 0.244 e. The second-order valence-electron chi connectivity index (χ2n) is 7.23. The van der Waals surface area contributed by atoms with Crippen molar-refractivity contribution in [2.75, 3.05) is 11.9 Å². The molecular formula is C20H19N2O2+. The summed E-state index contributed by atoms with van der Waals surface area (Å²) in [4.78, 5) is 29.0. The third kappa shape index (κ3) is 1.52. The fourth-order valence-electron chi connectivity index (χ4n) is 5.08. The van der Waals surface area contributed by atoms with Crippen LogP contribution in [0.1, 0.15) is 28.8 Å². The Labute approximate surface area is 140 Å². The summed E-state index contributed by atoms with van der Waals surface area (Å²) >= 11 is 0. The van der Waals surface area contributed by atoms with Crippen molar-refractivity contribution in [1.82, 2.24) is 0 Å². The number of nitrogens with one attached hydrogen (secondary N) is 1. The van der Waals surface area contributed by atoms with E-state index in [1.54, 1.807) is 0 Å². The van der Waals surface area contributed by atoms with Crippen LogP contribution in [0.5, 0.6) is 0 Å². The number of rotatable bonds is 1. The minimum Gasteiger partial charge on any atom is -0.324 e. The van der Waals surface area contributed by atoms with Gasteiger partial charge in [-0.1, -0.05) is 42.0 Å². The van der Waals surface area contributed by atoms with Gasteiger partial charge < -0.3 is 4.90 Å². The standard InChI is InChI=1S/C20H18N2O2/c1-11-7-9-12(10-8-11)22-19(23)15-16(20(22)24)18-14-6-4-3-5-13(14)17(15)21(18)2/h3-10,15-18H,1-2H3/p+1/t15-,16-,17-,18+/m1/s1. The zero-order valence-corrected chi connectivity index (χ0v) is 13.7. The molecule has 24 heavy (non-hydrogen) atoms. The Hall–Kier alpha value is -2.46. The largest absolute Gasteiger partial charge is 0.324 e. The van der Waals surface area contributed by atoms with Crippen molar-refractivity contribution in [3.63, 3.8) is 0 Å². The van der Waals surface area contributed by atoms with E-state index in [0.717, 1.165) is 5.56 Å². The maximum absolute atomic E-state index is 13.1. The molecule has 0 radical (unpaired) electrons. The van der Waals surface area contributed by atoms with Crippen LogP contribution < -0.4 is 9.80 Å². The number of nitrogens with zero attached hydrogens (tertiary/aromatic N) is 1. The van der Waals surface area contributed by atoms with E-state index in [0.29, 0.717) is 5.69 Å². The van der Waals surface area contributed by atoms with E-state index in [4.69, 9.17) is 0 Å². The minimum absolute atomic E-state index is 0.0322. The van der Waals surface area contributed by atoms with E-state index in [1.807, 2.05) is 43.3 Å². The lowest BCUT2D eigenvalue weighted by Crippen LogP contribution is -3.06. The molecule has 3 aliphatic heterocycles. The van der Waals surface area contributed by atoms with Crippen LogP contribution in [0.3, 0.4) is 0 Å². The van der Waals surface area contributed by atoms with Gasteiger partial charge in [-0.25, -0.2) is 4.90 Å². The average molecular weight is 319 g/mol. The molecule has 4 heteroatoms. The Morgan fingerprint density at radius 1 is 0.833 bits per heavy atom. The molecule has 1 N–H and O–H groups in total. The quantitative estimate of drug-likeness (QED) is 0.808. The molecule has 0 aliphatic carbocycles. The van der Waals surface area contributed by atoms with Gasteiger partial charge in [-0.15, -0.1) is 0 Å². The van der Waals surface area contributed by atoms with E-state index in [2.05, 4.69) is 19.2 Å². The Morgan fingerprint density at radius 3 is 1.83 bits per heavy atom. The molecule has 3 heterocycles. The number of hydrogen-bond donors (Lipinski definition) is 1. The van der Waals surface area contributed by atoms with Gasteiger partial charge in [0, 0.05) is 11.1 Å². The van der Waals surface area contributed by atoms with Gasteiger partial charge in [0.05, 0.1) is 12.7 Å². The monoisotopic (exact) mass is 319 g/mol. The van der Waals surface area contributed by atoms with Crippen LogP contribution in [0, 0.1) is 18.8 Å². The summed E-state index contributed by atoms with van der Waals surface area (Å²) in [6.07, 6.45) is 0. The molecule has 5 atom stereocenters. The number of benzene rings is 2. The number of aryl methyl sites for hydroxylation is 1. The van der Waals surface area contributed by atoms with Gasteiger partial charge >= 0.3 is 0 Å². The van der Waals surface area contributed by atoms with Crippen molar-refractivity contribution >= 4 is 17.5 Å². The van der Waals surface area contributed by atoms with Crippen LogP contribution in [-0.4, -0.2) is 18.9 Å². The summed E-state index contributed by atoms with van der Waals surface area (Å²) in [5, 5.41) is 0. The SMILES string of the molecule is Cc1ccc(N2C(=O)[C@@H]3[C@@H](C2=O)[C@@H]2c4ccccc4[C@H]3[NH+]2C)cc1. The highest BCUT2D eigenvalue weighted by Gasteiger charge is 2.69. The number of carbonyl (C=O) groups excluding carboxylic acids is 2. The minimum atomic E-state index is -0.223. The van der Waals surface area contributed by atoms with Gasteiger partial charge in [0.25, 0.3) is 0 Å². The maximum atomic E-state index is 13.1. The molecule has 2 aromatic rings. The maximum Gasteiger partial charge on any atom is 0.244 e. The lowest BCUT2D eigenvalue weighted by Gasteiger charge is -2.21. The molecule has 4 nitrogen and oxygen atoms in total. The predicted octanol–water partition coefficient (Wildman–Crippen LogP) is 1.42. The summed E-state index contributed by atoms with van der Waals surface area (Å²) in [6.45, 7) is 2.00. The van der Waals surface area contributed by atoms with Gasteiger partial charge in [0.15, 0.2) is 0 Å². The van der Waals surface area contributed by atoms with Crippen LogP contribution in [0.4, 0.5) is 5.69 Å². The van der Waals surface area contributed by atoms with E-state index in [1.165, 1.54) is 20.9 Å². The van der Waals surface area contributed by atoms with Crippen LogP contribution in [0.15, 0.2) is 48.5 Å². The molecule has 5 rings (SSSR count). The first-order valence-corrected chi connectivity index (χ1v) is 8.46. The van der Waals surface area contributed by atoms with Crippen LogP contribution >= 0.6 is 0 Å². The first kappa shape index (κ1) is 13.9. The molecule has 2 aromatic carbocycles. The number of carbonyl (C=O) groups is 2. The molecule has 0 spiro atoms. The highest BCUT2D eigenvalue weighted by atomic mass is 16.2. The zero-order valence-electron chi connectivity index (χ0n) is 13.7. The fourth-order valence-corrected chi connectivity index (χ4v) is 5.08. The Bertz CT molecular complexity index is 824. The molecule has 2 amide bonds. The Kier molecular flexibility index (Phi) is 2.64. The number of anilines is 1. The van der Waals surface area contributed by atoms with Crippen molar-refractivity contribution in [3.8, 4) is 0 Å². The molecular weight excluding hydrogens is 300 g/mol. The van der Waals surface area contributed by atoms with Gasteiger partial charge in [-0.3, -0.25) is 9.59 Å². The van der Waals surface area contributed by atoms with Crippen molar-refractivity contribution in [3.05, 3.63) is 65.2 Å². The van der Waals surface area contributed by atoms with E-state index in [-0.39, 0.29) is 35.7 Å². The summed E-state index contributed by atoms with van der Waals surface area (Å²) in [5.41, 5.74) is 4.31. The van der Waals surface area contributed by atoms with E-state index >= 15 is 0 Å². The van der Waals surface area contributed by atoms with Crippen molar-refractivity contribution < 1.29 is 14.5 Å². The second kappa shape index (κ2) is 4.54. The van der Waals surface area contributed by atoms with Crippen LogP contribution in [0.2, 0.25) is 0 Å². The number of amides is 2. The average Bonchev–Trinajstić information content (AvgIpc) is 3.14. The molecule has 0 saturated carbocycles. The number of quaternary nitrogens is 1. The highest BCUT2D eigenvalue weighted by molar-refractivity contribution is 6.22. The lowest BCUT2D eigenvalue weighted by atomic mass is 9.77. The second-order valence-corrected chi connectivity index (χ2v) is 7.23. The van der Waals surface area contributed by atoms with Gasteiger partial charge in [-0.05, 0) is 19.1 Å². The molecule has 0 aromatic heterocycles. The topological polar surface area (TPSA) is 41.8 Å². The van der Waals surface area contributed by atoms with Gasteiger partial charge in [-0.2, -0.15) is 0 Å². The third-order valence-corrected chi connectivity index (χ3v) is 6.06. The molecule has 3 aliphatic rings. The van der Waals surface area contributed by atoms with E-state index < -0.39 is 0 Å². The number of hydrogen-bond acceptors (Lipinski definition) is 2. The van der Waals surface area contributed by atoms with Crippen molar-refractivity contribution in [2.45, 2.75) is 19.0 Å². The first-order chi connectivity index (χ1) is 11.6. The molecule has 120 valence electrons. The van der Waals surface area contributed by atoms with Crippen LogP contribution in [0.25, 0.3) is 0 Å². The molecule has 1 unspecified atom stereocenters. The summed E-state index contributed by atoms with van der Waals surface area (Å²) < 4.78 is 0. The molecule has 2 bridgehead atoms. The Balaban J connectivity index is 1.61. The summed E-state index contributed by atoms with van der Waals surface area (Å²) in [5.74, 6) is -0.511. The highest BCUT2D eigenvalue weighted by Crippen LogP contribution is 2.52. The predicted molar refractivity (Wildman–Crippen MR) is 89.5 cm³/mol. The summed E-state index contributed by atoms with van der Waals surface area (Å²) in [7, 11) is 2.12. The van der Waals surface area contributed by atoms with E-state index in [9.17, 15) is 9.59 Å². The molecule has 2 saturated heterocycles. The number of fused-ring (bicyclic) bond motifs is 8. The van der Waals surface area contributed by atoms with Gasteiger partial charge in [0.1, 0.15) is 23.9 Å². The van der Waals surface area contributed by atoms with Crippen LogP contribution in [-0.2, 0) is 9.59 Å². The Morgan fingerprint density at radius 2 is 1.33 bits per heavy atom. The van der Waals surface area contributed by atoms with Gasteiger partial charge in [0.2, 0.25) is 11.8 Å². The first-order valence-electron chi connectivity index (χ1n) is 8.46. The third-order valence-electron chi connectivity index (χ3n) is 6.06. The van der Waals surface area contributed by atoms with Crippen molar-refractivity contribution in [2.24, 2.45) is 11.8 Å². The normalized spacial score (nSPS) is 33.1. The summed E-state index contributed by atoms with van der Waals surface area (Å²) in [6, 6.07) is 16.1. The number of imide groups is 1. The zero-order chi connectivity index (χ0) is 16.6. The fraction of sp³-hybridized carbons (Fsp3) is 0.300.